The topological polar surface area (TPSA) is 12.0 Å². The Morgan fingerprint density at radius 2 is 1.81 bits per heavy atom. The molecule has 1 nitrogen and oxygen atoms in total. The molecule has 1 aliphatic rings. The monoisotopic (exact) mass is 217 g/mol. The number of hydrogen-bond donors (Lipinski definition) is 1. The Kier molecular flexibility index (Phi) is 3.65. The van der Waals surface area contributed by atoms with E-state index in [1.54, 1.807) is 0 Å². The zero-order valence-electron chi connectivity index (χ0n) is 10.7. The molecular weight excluding hydrogens is 194 g/mol. The summed E-state index contributed by atoms with van der Waals surface area (Å²) in [4.78, 5) is 0. The SMILES string of the molecule is CNC(CCC1CC1)c1cc(C)cc(C)c1. The average Bonchev–Trinajstić information content (AvgIpc) is 3.01. The van der Waals surface area contributed by atoms with E-state index in [4.69, 9.17) is 0 Å². The molecule has 1 N–H and O–H groups in total. The van der Waals surface area contributed by atoms with Crippen molar-refractivity contribution in [1.29, 1.82) is 0 Å². The van der Waals surface area contributed by atoms with Crippen LogP contribution in [0.4, 0.5) is 0 Å². The largest absolute Gasteiger partial charge is 0.313 e. The van der Waals surface area contributed by atoms with E-state index >= 15 is 0 Å². The van der Waals surface area contributed by atoms with Crippen LogP contribution >= 0.6 is 0 Å². The Labute approximate surface area is 99.3 Å². The van der Waals surface area contributed by atoms with Crippen LogP contribution in [-0.4, -0.2) is 7.05 Å². The lowest BCUT2D eigenvalue weighted by Crippen LogP contribution is -2.16. The molecule has 0 amide bonds. The van der Waals surface area contributed by atoms with Crippen LogP contribution < -0.4 is 5.32 Å². The molecule has 0 radical (unpaired) electrons. The number of rotatable bonds is 5. The van der Waals surface area contributed by atoms with Crippen LogP contribution in [0.1, 0.15) is 48.4 Å². The van der Waals surface area contributed by atoms with E-state index in [1.165, 1.54) is 42.4 Å². The molecule has 1 atom stereocenters. The van der Waals surface area contributed by atoms with Crippen molar-refractivity contribution in [2.45, 2.75) is 45.6 Å². The van der Waals surface area contributed by atoms with E-state index in [0.717, 1.165) is 5.92 Å². The molecule has 2 rings (SSSR count). The highest BCUT2D eigenvalue weighted by Crippen LogP contribution is 2.36. The molecule has 16 heavy (non-hydrogen) atoms. The van der Waals surface area contributed by atoms with Gasteiger partial charge < -0.3 is 5.32 Å². The summed E-state index contributed by atoms with van der Waals surface area (Å²) in [6.07, 6.45) is 5.59. The zero-order chi connectivity index (χ0) is 11.5. The second kappa shape index (κ2) is 5.01. The van der Waals surface area contributed by atoms with Crippen LogP contribution in [0.2, 0.25) is 0 Å². The third kappa shape index (κ3) is 3.08. The van der Waals surface area contributed by atoms with Gasteiger partial charge in [0.15, 0.2) is 0 Å². The molecule has 1 aliphatic carbocycles. The van der Waals surface area contributed by atoms with Crippen molar-refractivity contribution < 1.29 is 0 Å². The van der Waals surface area contributed by atoms with Crippen molar-refractivity contribution in [1.82, 2.24) is 5.32 Å². The standard InChI is InChI=1S/C15H23N/c1-11-8-12(2)10-14(9-11)15(16-3)7-6-13-4-5-13/h8-10,13,15-16H,4-7H2,1-3H3. The molecule has 1 saturated carbocycles. The van der Waals surface area contributed by atoms with Gasteiger partial charge in [-0.25, -0.2) is 0 Å². The van der Waals surface area contributed by atoms with Crippen molar-refractivity contribution in [2.75, 3.05) is 7.05 Å². The first-order valence-corrected chi connectivity index (χ1v) is 6.44. The second-order valence-electron chi connectivity index (χ2n) is 5.28. The highest BCUT2D eigenvalue weighted by atomic mass is 14.9. The molecule has 1 fully saturated rings. The fourth-order valence-electron chi connectivity index (χ4n) is 2.50. The maximum Gasteiger partial charge on any atom is 0.0317 e. The van der Waals surface area contributed by atoms with Gasteiger partial charge in [-0.2, -0.15) is 0 Å². The molecule has 0 aliphatic heterocycles. The Bertz CT molecular complexity index is 332. The van der Waals surface area contributed by atoms with Gasteiger partial charge in [-0.3, -0.25) is 0 Å². The van der Waals surface area contributed by atoms with Crippen LogP contribution in [0, 0.1) is 19.8 Å². The minimum atomic E-state index is 0.541. The van der Waals surface area contributed by atoms with Gasteiger partial charge in [0.2, 0.25) is 0 Å². The summed E-state index contributed by atoms with van der Waals surface area (Å²) < 4.78 is 0. The second-order valence-corrected chi connectivity index (χ2v) is 5.28. The number of nitrogens with one attached hydrogen (secondary N) is 1. The fourth-order valence-corrected chi connectivity index (χ4v) is 2.50. The van der Waals surface area contributed by atoms with Gasteiger partial charge in [-0.1, -0.05) is 42.2 Å². The molecule has 0 heterocycles. The lowest BCUT2D eigenvalue weighted by molar-refractivity contribution is 0.506. The molecule has 1 aromatic carbocycles. The molecule has 0 bridgehead atoms. The minimum Gasteiger partial charge on any atom is -0.313 e. The van der Waals surface area contributed by atoms with E-state index in [1.807, 2.05) is 0 Å². The summed E-state index contributed by atoms with van der Waals surface area (Å²) >= 11 is 0. The summed E-state index contributed by atoms with van der Waals surface area (Å²) in [7, 11) is 2.08. The predicted octanol–water partition coefficient (Wildman–Crippen LogP) is 3.75. The average molecular weight is 217 g/mol. The summed E-state index contributed by atoms with van der Waals surface area (Å²) in [6.45, 7) is 4.37. The normalized spacial score (nSPS) is 17.4. The van der Waals surface area contributed by atoms with E-state index in [-0.39, 0.29) is 0 Å². The van der Waals surface area contributed by atoms with Gasteiger partial charge in [0.1, 0.15) is 0 Å². The molecule has 0 saturated heterocycles. The molecule has 1 unspecified atom stereocenters. The first-order valence-electron chi connectivity index (χ1n) is 6.44. The fraction of sp³-hybridized carbons (Fsp3) is 0.600. The quantitative estimate of drug-likeness (QED) is 0.792. The molecule has 0 aromatic heterocycles. The van der Waals surface area contributed by atoms with E-state index in [0.29, 0.717) is 6.04 Å². The Balaban J connectivity index is 2.04. The lowest BCUT2D eigenvalue weighted by atomic mass is 9.97. The van der Waals surface area contributed by atoms with Gasteiger partial charge in [-0.15, -0.1) is 0 Å². The summed E-state index contributed by atoms with van der Waals surface area (Å²) in [5, 5.41) is 3.46. The third-order valence-corrected chi connectivity index (χ3v) is 3.56. The minimum absolute atomic E-state index is 0.541. The zero-order valence-corrected chi connectivity index (χ0v) is 10.7. The molecule has 0 spiro atoms. The first kappa shape index (κ1) is 11.7. The Morgan fingerprint density at radius 1 is 1.19 bits per heavy atom. The first-order chi connectivity index (χ1) is 7.69. The van der Waals surface area contributed by atoms with Gasteiger partial charge in [-0.05, 0) is 45.2 Å². The van der Waals surface area contributed by atoms with Gasteiger partial charge in [0.25, 0.3) is 0 Å². The lowest BCUT2D eigenvalue weighted by Gasteiger charge is -2.17. The van der Waals surface area contributed by atoms with Gasteiger partial charge in [0.05, 0.1) is 0 Å². The van der Waals surface area contributed by atoms with E-state index < -0.39 is 0 Å². The highest BCUT2D eigenvalue weighted by Gasteiger charge is 2.22. The van der Waals surface area contributed by atoms with Crippen LogP contribution in [0.15, 0.2) is 18.2 Å². The van der Waals surface area contributed by atoms with Crippen molar-refractivity contribution in [2.24, 2.45) is 5.92 Å². The van der Waals surface area contributed by atoms with Crippen molar-refractivity contribution in [3.8, 4) is 0 Å². The Hall–Kier alpha value is -0.820. The van der Waals surface area contributed by atoms with Gasteiger partial charge >= 0.3 is 0 Å². The molecule has 1 heteroatoms. The number of benzene rings is 1. The van der Waals surface area contributed by atoms with Crippen molar-refractivity contribution in [3.05, 3.63) is 34.9 Å². The van der Waals surface area contributed by atoms with E-state index in [9.17, 15) is 0 Å². The molecule has 88 valence electrons. The predicted molar refractivity (Wildman–Crippen MR) is 69.7 cm³/mol. The van der Waals surface area contributed by atoms with Crippen molar-refractivity contribution in [3.63, 3.8) is 0 Å². The highest BCUT2D eigenvalue weighted by molar-refractivity contribution is 5.30. The Morgan fingerprint density at radius 3 is 2.31 bits per heavy atom. The van der Waals surface area contributed by atoms with Crippen LogP contribution in [0.5, 0.6) is 0 Å². The van der Waals surface area contributed by atoms with Crippen molar-refractivity contribution >= 4 is 0 Å². The van der Waals surface area contributed by atoms with E-state index in [2.05, 4.69) is 44.4 Å². The summed E-state index contributed by atoms with van der Waals surface area (Å²) in [5.74, 6) is 1.03. The molecule has 1 aromatic rings. The van der Waals surface area contributed by atoms with Crippen LogP contribution in [0.3, 0.4) is 0 Å². The van der Waals surface area contributed by atoms with Crippen LogP contribution in [0.25, 0.3) is 0 Å². The molecular formula is C15H23N. The van der Waals surface area contributed by atoms with Crippen LogP contribution in [-0.2, 0) is 0 Å². The smallest absolute Gasteiger partial charge is 0.0317 e. The maximum absolute atomic E-state index is 3.46. The summed E-state index contributed by atoms with van der Waals surface area (Å²) in [5.41, 5.74) is 4.21. The maximum atomic E-state index is 3.46. The summed E-state index contributed by atoms with van der Waals surface area (Å²) in [6, 6.07) is 7.43. The number of hydrogen-bond acceptors (Lipinski definition) is 1. The third-order valence-electron chi connectivity index (χ3n) is 3.56. The number of aryl methyl sites for hydroxylation is 2. The van der Waals surface area contributed by atoms with Gasteiger partial charge in [0, 0.05) is 6.04 Å².